The van der Waals surface area contributed by atoms with Crippen LogP contribution in [-0.2, 0) is 14.3 Å². The molecular formula is C27H23N3O4S3. The molecule has 37 heavy (non-hydrogen) atoms. The zero-order valence-corrected chi connectivity index (χ0v) is 22.3. The minimum absolute atomic E-state index is 0.102. The molecule has 0 radical (unpaired) electrons. The van der Waals surface area contributed by atoms with E-state index < -0.39 is 5.97 Å². The molecule has 2 aliphatic carbocycles. The molecule has 0 spiro atoms. The van der Waals surface area contributed by atoms with Gasteiger partial charge in [-0.1, -0.05) is 6.07 Å². The monoisotopic (exact) mass is 549 g/mol. The first-order valence-electron chi connectivity index (χ1n) is 12.4. The zero-order chi connectivity index (χ0) is 25.4. The molecule has 7 atom stereocenters. The van der Waals surface area contributed by atoms with Crippen molar-refractivity contribution in [2.24, 2.45) is 29.6 Å². The Balaban J connectivity index is 1.25. The van der Waals surface area contributed by atoms with Crippen molar-refractivity contribution < 1.29 is 19.1 Å². The van der Waals surface area contributed by atoms with Crippen molar-refractivity contribution in [1.29, 1.82) is 0 Å². The van der Waals surface area contributed by atoms with Gasteiger partial charge in [0, 0.05) is 28.4 Å². The lowest BCUT2D eigenvalue weighted by Crippen LogP contribution is -2.42. The predicted octanol–water partition coefficient (Wildman–Crippen LogP) is 5.06. The van der Waals surface area contributed by atoms with Crippen molar-refractivity contribution in [1.82, 2.24) is 9.97 Å². The Morgan fingerprint density at radius 3 is 2.62 bits per heavy atom. The number of esters is 1. The third kappa shape index (κ3) is 3.35. The van der Waals surface area contributed by atoms with E-state index in [1.54, 1.807) is 60.5 Å². The second kappa shape index (κ2) is 8.61. The van der Waals surface area contributed by atoms with Gasteiger partial charge in [0.15, 0.2) is 3.95 Å². The Labute approximate surface area is 226 Å². The minimum Gasteiger partial charge on any atom is -0.462 e. The molecule has 7 nitrogen and oxygen atoms in total. The van der Waals surface area contributed by atoms with Crippen LogP contribution in [-0.4, -0.2) is 39.6 Å². The standard InChI is InChI=1S/C27H23N3O4S3/c1-2-34-26(33)12-5-7-14(8-6-12)30-24(31)19-15-10-16(20(19)25(30)32)21-18(15)17(13-4-3-9-28-11-13)22-23(36-21)29-27(35)37-22/h3-9,11,15-21H,2,10H2,1H3,(H,29,35). The second-order valence-electron chi connectivity index (χ2n) is 10.0. The summed E-state index contributed by atoms with van der Waals surface area (Å²) < 4.78 is 5.81. The third-order valence-electron chi connectivity index (χ3n) is 8.40. The van der Waals surface area contributed by atoms with E-state index in [1.807, 2.05) is 12.3 Å². The molecule has 2 amide bonds. The molecule has 2 aliphatic heterocycles. The first kappa shape index (κ1) is 23.3. The molecule has 2 aromatic heterocycles. The van der Waals surface area contributed by atoms with E-state index in [0.717, 1.165) is 21.0 Å². The molecule has 188 valence electrons. The van der Waals surface area contributed by atoms with E-state index >= 15 is 0 Å². The Hall–Kier alpha value is -2.82. The lowest BCUT2D eigenvalue weighted by molar-refractivity contribution is -0.123. The van der Waals surface area contributed by atoms with Gasteiger partial charge in [-0.05, 0) is 79.2 Å². The highest BCUT2D eigenvalue weighted by Gasteiger charge is 2.69. The molecule has 4 aliphatic rings. The number of fused-ring (bicyclic) bond motifs is 9. The number of thiazole rings is 1. The highest BCUT2D eigenvalue weighted by Crippen LogP contribution is 2.68. The average molecular weight is 550 g/mol. The van der Waals surface area contributed by atoms with Crippen molar-refractivity contribution in [3.8, 4) is 0 Å². The molecule has 7 unspecified atom stereocenters. The zero-order valence-electron chi connectivity index (χ0n) is 19.8. The van der Waals surface area contributed by atoms with Gasteiger partial charge in [0.1, 0.15) is 0 Å². The van der Waals surface area contributed by atoms with Gasteiger partial charge in [0.2, 0.25) is 11.8 Å². The summed E-state index contributed by atoms with van der Waals surface area (Å²) in [6, 6.07) is 10.6. The van der Waals surface area contributed by atoms with E-state index in [2.05, 4.69) is 16.0 Å². The van der Waals surface area contributed by atoms with Crippen molar-refractivity contribution >= 4 is 58.8 Å². The van der Waals surface area contributed by atoms with Crippen LogP contribution in [0.5, 0.6) is 0 Å². The maximum Gasteiger partial charge on any atom is 0.338 e. The fourth-order valence-corrected chi connectivity index (χ4v) is 10.5. The first-order chi connectivity index (χ1) is 18.0. The van der Waals surface area contributed by atoms with E-state index in [0.29, 0.717) is 11.3 Å². The van der Waals surface area contributed by atoms with Crippen molar-refractivity contribution in [2.45, 2.75) is 29.5 Å². The number of carbonyl (C=O) groups excluding carboxylic acids is 3. The smallest absolute Gasteiger partial charge is 0.338 e. The van der Waals surface area contributed by atoms with Crippen molar-refractivity contribution in [3.05, 3.63) is 68.8 Å². The SMILES string of the molecule is CCOC(=O)c1ccc(N2C(=O)C3C4CC(C3C2=O)C2C(c3cccnc3)c3sc(=S)[nH]c3SC42)cc1. The predicted molar refractivity (Wildman–Crippen MR) is 142 cm³/mol. The van der Waals surface area contributed by atoms with E-state index in [-0.39, 0.29) is 59.2 Å². The maximum absolute atomic E-state index is 13.9. The van der Waals surface area contributed by atoms with E-state index in [1.165, 1.54) is 9.78 Å². The number of nitrogens with zero attached hydrogens (tertiary/aromatic N) is 2. The Kier molecular flexibility index (Phi) is 5.42. The number of anilines is 1. The van der Waals surface area contributed by atoms with Gasteiger partial charge in [0.05, 0.1) is 34.7 Å². The summed E-state index contributed by atoms with van der Waals surface area (Å²) in [5, 5.41) is 1.32. The fourth-order valence-electron chi connectivity index (χ4n) is 7.17. The number of carbonyl (C=O) groups is 3. The molecule has 3 aromatic rings. The van der Waals surface area contributed by atoms with Crippen LogP contribution in [0.2, 0.25) is 0 Å². The number of H-pyrrole nitrogens is 1. The molecule has 10 heteroatoms. The van der Waals surface area contributed by atoms with Crippen molar-refractivity contribution in [3.63, 3.8) is 0 Å². The number of aromatic amines is 1. The molecule has 4 heterocycles. The largest absolute Gasteiger partial charge is 0.462 e. The molecule has 3 fully saturated rings. The number of hydrogen-bond acceptors (Lipinski definition) is 8. The summed E-state index contributed by atoms with van der Waals surface area (Å²) >= 11 is 8.92. The number of thioether (sulfide) groups is 1. The Bertz CT molecular complexity index is 1480. The lowest BCUT2D eigenvalue weighted by Gasteiger charge is -2.42. The van der Waals surface area contributed by atoms with Crippen LogP contribution >= 0.6 is 35.3 Å². The summed E-state index contributed by atoms with van der Waals surface area (Å²) in [5.74, 6) is -0.717. The summed E-state index contributed by atoms with van der Waals surface area (Å²) in [6.45, 7) is 2.04. The number of aromatic nitrogens is 2. The van der Waals surface area contributed by atoms with Crippen LogP contribution in [0.1, 0.15) is 40.1 Å². The van der Waals surface area contributed by atoms with Crippen LogP contribution < -0.4 is 4.90 Å². The van der Waals surface area contributed by atoms with Crippen LogP contribution in [0, 0.1) is 33.5 Å². The van der Waals surface area contributed by atoms with Gasteiger partial charge in [-0.3, -0.25) is 19.5 Å². The topological polar surface area (TPSA) is 92.4 Å². The van der Waals surface area contributed by atoms with Gasteiger partial charge in [-0.2, -0.15) is 0 Å². The van der Waals surface area contributed by atoms with Gasteiger partial charge in [-0.25, -0.2) is 4.79 Å². The van der Waals surface area contributed by atoms with Gasteiger partial charge < -0.3 is 9.72 Å². The summed E-state index contributed by atoms with van der Waals surface area (Å²) in [7, 11) is 0. The molecular weight excluding hydrogens is 527 g/mol. The first-order valence-corrected chi connectivity index (χ1v) is 14.5. The third-order valence-corrected chi connectivity index (χ3v) is 11.3. The summed E-state index contributed by atoms with van der Waals surface area (Å²) in [6.07, 6.45) is 4.59. The minimum atomic E-state index is -0.419. The summed E-state index contributed by atoms with van der Waals surface area (Å²) in [5.41, 5.74) is 2.05. The molecule has 1 N–H and O–H groups in total. The quantitative estimate of drug-likeness (QED) is 0.276. The Morgan fingerprint density at radius 2 is 1.92 bits per heavy atom. The van der Waals surface area contributed by atoms with Crippen LogP contribution in [0.15, 0.2) is 53.8 Å². The highest BCUT2D eigenvalue weighted by atomic mass is 32.2. The number of ether oxygens (including phenoxy) is 1. The number of pyridine rings is 1. The average Bonchev–Trinajstić information content (AvgIpc) is 3.63. The molecule has 2 saturated carbocycles. The fraction of sp³-hybridized carbons (Fsp3) is 0.370. The molecule has 1 aromatic carbocycles. The second-order valence-corrected chi connectivity index (χ2v) is 12.9. The number of nitrogens with one attached hydrogen (secondary N) is 1. The normalized spacial score (nSPS) is 31.3. The molecule has 7 rings (SSSR count). The van der Waals surface area contributed by atoms with Crippen LogP contribution in [0.25, 0.3) is 0 Å². The number of rotatable bonds is 4. The van der Waals surface area contributed by atoms with Crippen LogP contribution in [0.3, 0.4) is 0 Å². The Morgan fingerprint density at radius 1 is 1.16 bits per heavy atom. The number of imide groups is 1. The number of amides is 2. The number of benzene rings is 1. The van der Waals surface area contributed by atoms with Crippen molar-refractivity contribution in [2.75, 3.05) is 11.5 Å². The molecule has 1 saturated heterocycles. The van der Waals surface area contributed by atoms with Crippen LogP contribution in [0.4, 0.5) is 5.69 Å². The summed E-state index contributed by atoms with van der Waals surface area (Å²) in [4.78, 5) is 50.0. The van der Waals surface area contributed by atoms with E-state index in [9.17, 15) is 14.4 Å². The number of hydrogen-bond donors (Lipinski definition) is 1. The van der Waals surface area contributed by atoms with Gasteiger partial charge in [0.25, 0.3) is 0 Å². The molecule has 2 bridgehead atoms. The van der Waals surface area contributed by atoms with Gasteiger partial charge >= 0.3 is 5.97 Å². The maximum atomic E-state index is 13.9. The van der Waals surface area contributed by atoms with E-state index in [4.69, 9.17) is 17.0 Å². The lowest BCUT2D eigenvalue weighted by atomic mass is 9.68. The van der Waals surface area contributed by atoms with Gasteiger partial charge in [-0.15, -0.1) is 23.1 Å². The highest BCUT2D eigenvalue weighted by molar-refractivity contribution is 8.00.